The molecule has 0 radical (unpaired) electrons. The largest absolute Gasteiger partial charge is 0.330 e. The Hall–Kier alpha value is -2.20. The van der Waals surface area contributed by atoms with Gasteiger partial charge in [-0.25, -0.2) is 4.98 Å². The molecule has 2 aliphatic rings. The molecule has 118 valence electrons. The van der Waals surface area contributed by atoms with Gasteiger partial charge in [-0.15, -0.1) is 0 Å². The summed E-state index contributed by atoms with van der Waals surface area (Å²) in [5, 5.41) is 3.48. The Labute approximate surface area is 136 Å². The molecule has 2 aromatic rings. The lowest BCUT2D eigenvalue weighted by molar-refractivity contribution is 0.0708. The quantitative estimate of drug-likeness (QED) is 0.927. The van der Waals surface area contributed by atoms with Crippen LogP contribution < -0.4 is 5.32 Å². The van der Waals surface area contributed by atoms with Crippen LogP contribution in [-0.2, 0) is 0 Å². The van der Waals surface area contributed by atoms with Gasteiger partial charge in [0.2, 0.25) is 0 Å². The Bertz CT molecular complexity index is 716. The molecule has 0 saturated carbocycles. The monoisotopic (exact) mass is 307 g/mol. The molecule has 2 fully saturated rings. The maximum absolute atomic E-state index is 13.1. The van der Waals surface area contributed by atoms with E-state index >= 15 is 0 Å². The molecule has 1 N–H and O–H groups in total. The number of hydrogen-bond donors (Lipinski definition) is 1. The zero-order chi connectivity index (χ0) is 15.8. The van der Waals surface area contributed by atoms with E-state index in [2.05, 4.69) is 34.6 Å². The number of fused-ring (bicyclic) bond motifs is 1. The smallest absolute Gasteiger partial charge is 0.272 e. The number of likely N-dealkylation sites (tertiary alicyclic amines) is 1. The van der Waals surface area contributed by atoms with E-state index in [1.54, 1.807) is 0 Å². The lowest BCUT2D eigenvalue weighted by Crippen LogP contribution is -2.35. The molecule has 4 nitrogen and oxygen atoms in total. The van der Waals surface area contributed by atoms with Crippen LogP contribution in [0.1, 0.15) is 27.8 Å². The van der Waals surface area contributed by atoms with E-state index in [0.717, 1.165) is 25.3 Å². The number of nitrogens with one attached hydrogen (secondary N) is 1. The summed E-state index contributed by atoms with van der Waals surface area (Å²) in [5.74, 6) is 1.08. The number of aromatic nitrogens is 1. The molecular formula is C19H21N3O. The van der Waals surface area contributed by atoms with E-state index in [0.29, 0.717) is 17.5 Å². The Kier molecular flexibility index (Phi) is 3.62. The van der Waals surface area contributed by atoms with Crippen molar-refractivity contribution in [3.8, 4) is 0 Å². The molecule has 2 aliphatic heterocycles. The van der Waals surface area contributed by atoms with E-state index in [4.69, 9.17) is 0 Å². The van der Waals surface area contributed by atoms with Gasteiger partial charge in [-0.3, -0.25) is 4.79 Å². The van der Waals surface area contributed by atoms with Crippen molar-refractivity contribution in [3.63, 3.8) is 0 Å². The van der Waals surface area contributed by atoms with Crippen LogP contribution in [0.5, 0.6) is 0 Å². The van der Waals surface area contributed by atoms with Gasteiger partial charge in [-0.2, -0.15) is 0 Å². The summed E-state index contributed by atoms with van der Waals surface area (Å²) >= 11 is 0. The summed E-state index contributed by atoms with van der Waals surface area (Å²) in [4.78, 5) is 19.5. The fraction of sp³-hybridized carbons (Fsp3) is 0.368. The summed E-state index contributed by atoms with van der Waals surface area (Å²) in [5.41, 5.74) is 2.66. The number of rotatable bonds is 2. The Morgan fingerprint density at radius 1 is 1.13 bits per heavy atom. The second-order valence-electron chi connectivity index (χ2n) is 6.56. The molecule has 23 heavy (non-hydrogen) atoms. The first-order valence-corrected chi connectivity index (χ1v) is 8.24. The lowest BCUT2D eigenvalue weighted by atomic mass is 9.89. The number of benzene rings is 1. The van der Waals surface area contributed by atoms with Crippen LogP contribution in [-0.4, -0.2) is 35.4 Å². The van der Waals surface area contributed by atoms with Crippen LogP contribution in [0.25, 0.3) is 0 Å². The fourth-order valence-electron chi connectivity index (χ4n) is 4.02. The highest BCUT2D eigenvalue weighted by molar-refractivity contribution is 5.93. The number of carbonyl (C=O) groups is 1. The van der Waals surface area contributed by atoms with Gasteiger partial charge in [-0.05, 0) is 30.5 Å². The van der Waals surface area contributed by atoms with E-state index in [9.17, 15) is 4.79 Å². The summed E-state index contributed by atoms with van der Waals surface area (Å²) in [6.07, 6.45) is 0. The molecule has 4 heteroatoms. The van der Waals surface area contributed by atoms with Gasteiger partial charge in [0.25, 0.3) is 5.91 Å². The maximum Gasteiger partial charge on any atom is 0.272 e. The first kappa shape index (κ1) is 14.4. The van der Waals surface area contributed by atoms with Crippen molar-refractivity contribution in [2.75, 3.05) is 19.6 Å². The number of amides is 1. The summed E-state index contributed by atoms with van der Waals surface area (Å²) in [6, 6.07) is 16.2. The standard InChI is InChI=1S/C19H21N3O/c1-13-6-5-9-17(21-13)19(23)22-12-15-10-20-11-16(15)18(22)14-7-3-2-4-8-14/h2-9,15-16,18,20H,10-12H2,1H3/t15-,16-,18+/m0/s1. The third kappa shape index (κ3) is 2.53. The molecule has 3 atom stereocenters. The molecule has 0 aliphatic carbocycles. The molecule has 0 unspecified atom stereocenters. The lowest BCUT2D eigenvalue weighted by Gasteiger charge is -2.28. The van der Waals surface area contributed by atoms with Gasteiger partial charge in [0, 0.05) is 31.2 Å². The van der Waals surface area contributed by atoms with E-state index in [-0.39, 0.29) is 11.9 Å². The zero-order valence-corrected chi connectivity index (χ0v) is 13.3. The Balaban J connectivity index is 1.70. The highest BCUT2D eigenvalue weighted by Gasteiger charge is 2.46. The second kappa shape index (κ2) is 5.78. The van der Waals surface area contributed by atoms with Gasteiger partial charge < -0.3 is 10.2 Å². The van der Waals surface area contributed by atoms with Gasteiger partial charge in [0.05, 0.1) is 6.04 Å². The van der Waals surface area contributed by atoms with Crippen LogP contribution in [0, 0.1) is 18.8 Å². The minimum Gasteiger partial charge on any atom is -0.330 e. The van der Waals surface area contributed by atoms with Crippen LogP contribution in [0.2, 0.25) is 0 Å². The van der Waals surface area contributed by atoms with E-state index < -0.39 is 0 Å². The van der Waals surface area contributed by atoms with Crippen molar-refractivity contribution < 1.29 is 4.79 Å². The van der Waals surface area contributed by atoms with Gasteiger partial charge in [0.15, 0.2) is 0 Å². The molecule has 1 aromatic carbocycles. The first-order valence-electron chi connectivity index (χ1n) is 8.24. The third-order valence-corrected chi connectivity index (χ3v) is 5.07. The molecule has 0 bridgehead atoms. The van der Waals surface area contributed by atoms with Crippen molar-refractivity contribution in [3.05, 3.63) is 65.5 Å². The second-order valence-corrected chi connectivity index (χ2v) is 6.56. The van der Waals surface area contributed by atoms with Crippen molar-refractivity contribution in [2.45, 2.75) is 13.0 Å². The average molecular weight is 307 g/mol. The number of hydrogen-bond acceptors (Lipinski definition) is 3. The minimum atomic E-state index is 0.0527. The van der Waals surface area contributed by atoms with Crippen LogP contribution in [0.3, 0.4) is 0 Å². The Morgan fingerprint density at radius 3 is 2.74 bits per heavy atom. The van der Waals surface area contributed by atoms with Crippen LogP contribution >= 0.6 is 0 Å². The predicted molar refractivity (Wildman–Crippen MR) is 89.0 cm³/mol. The predicted octanol–water partition coefficient (Wildman–Crippen LogP) is 2.42. The Morgan fingerprint density at radius 2 is 1.96 bits per heavy atom. The number of carbonyl (C=O) groups excluding carboxylic acids is 1. The maximum atomic E-state index is 13.1. The molecule has 1 amide bonds. The number of nitrogens with zero attached hydrogens (tertiary/aromatic N) is 2. The highest BCUT2D eigenvalue weighted by Crippen LogP contribution is 2.43. The molecule has 0 spiro atoms. The minimum absolute atomic E-state index is 0.0527. The van der Waals surface area contributed by atoms with Gasteiger partial charge in [0.1, 0.15) is 5.69 Å². The van der Waals surface area contributed by atoms with Crippen molar-refractivity contribution in [1.82, 2.24) is 15.2 Å². The highest BCUT2D eigenvalue weighted by atomic mass is 16.2. The van der Waals surface area contributed by atoms with Gasteiger partial charge >= 0.3 is 0 Å². The van der Waals surface area contributed by atoms with Crippen LogP contribution in [0.4, 0.5) is 0 Å². The van der Waals surface area contributed by atoms with Crippen molar-refractivity contribution >= 4 is 5.91 Å². The first-order chi connectivity index (χ1) is 11.2. The fourth-order valence-corrected chi connectivity index (χ4v) is 4.02. The summed E-state index contributed by atoms with van der Waals surface area (Å²) in [6.45, 7) is 4.72. The van der Waals surface area contributed by atoms with E-state index in [1.165, 1.54) is 5.56 Å². The zero-order valence-electron chi connectivity index (χ0n) is 13.3. The van der Waals surface area contributed by atoms with Crippen molar-refractivity contribution in [2.24, 2.45) is 11.8 Å². The molecule has 2 saturated heterocycles. The number of pyridine rings is 1. The average Bonchev–Trinajstić information content (AvgIpc) is 3.15. The van der Waals surface area contributed by atoms with Crippen LogP contribution in [0.15, 0.2) is 48.5 Å². The van der Waals surface area contributed by atoms with E-state index in [1.807, 2.05) is 36.1 Å². The topological polar surface area (TPSA) is 45.2 Å². The molecule has 3 heterocycles. The molecule has 1 aromatic heterocycles. The third-order valence-electron chi connectivity index (χ3n) is 5.07. The van der Waals surface area contributed by atoms with Gasteiger partial charge in [-0.1, -0.05) is 36.4 Å². The molecular weight excluding hydrogens is 286 g/mol. The normalized spacial score (nSPS) is 26.3. The molecule has 4 rings (SSSR count). The summed E-state index contributed by atoms with van der Waals surface area (Å²) in [7, 11) is 0. The summed E-state index contributed by atoms with van der Waals surface area (Å²) < 4.78 is 0. The van der Waals surface area contributed by atoms with Crippen molar-refractivity contribution in [1.29, 1.82) is 0 Å². The SMILES string of the molecule is Cc1cccc(C(=O)N2C[C@@H]3CNC[C@@H]3[C@H]2c2ccccc2)n1. The number of aryl methyl sites for hydroxylation is 1.